The molecule has 0 saturated carbocycles. The molecule has 0 unspecified atom stereocenters. The van der Waals surface area contributed by atoms with Gasteiger partial charge in [-0.2, -0.15) is 0 Å². The maximum Gasteiger partial charge on any atom is 0.158 e. The van der Waals surface area contributed by atoms with E-state index in [0.717, 1.165) is 24.8 Å². The zero-order valence-corrected chi connectivity index (χ0v) is 5.03. The Hall–Kier alpha value is -0.590. The Balaban J connectivity index is 2.67. The van der Waals surface area contributed by atoms with Gasteiger partial charge in [-0.3, -0.25) is 4.79 Å². The summed E-state index contributed by atoms with van der Waals surface area (Å²) in [6.07, 6.45) is 5.70. The molecule has 0 aromatic rings. The first-order chi connectivity index (χ1) is 3.80. The van der Waals surface area contributed by atoms with Crippen LogP contribution in [0.15, 0.2) is 5.57 Å². The number of Topliss-reactive ketones (excluding diaryl/α,β-unsaturated/α-hetero) is 1. The lowest BCUT2D eigenvalue weighted by Gasteiger charge is -2.04. The number of ketones is 1. The van der Waals surface area contributed by atoms with Crippen LogP contribution in [0.1, 0.15) is 26.2 Å². The lowest BCUT2D eigenvalue weighted by Crippen LogP contribution is -2.03. The van der Waals surface area contributed by atoms with Crippen molar-refractivity contribution in [3.8, 4) is 0 Å². The van der Waals surface area contributed by atoms with Gasteiger partial charge < -0.3 is 0 Å². The van der Waals surface area contributed by atoms with E-state index < -0.39 is 0 Å². The zero-order chi connectivity index (χ0) is 5.98. The molecule has 0 fully saturated rings. The molecule has 1 nitrogen and oxygen atoms in total. The van der Waals surface area contributed by atoms with E-state index >= 15 is 0 Å². The van der Waals surface area contributed by atoms with Crippen molar-refractivity contribution in [2.75, 3.05) is 0 Å². The summed E-state index contributed by atoms with van der Waals surface area (Å²) in [5, 5.41) is 0. The van der Waals surface area contributed by atoms with E-state index in [1.54, 1.807) is 0 Å². The Labute approximate surface area is 49.4 Å². The van der Waals surface area contributed by atoms with Gasteiger partial charge in [0.2, 0.25) is 0 Å². The van der Waals surface area contributed by atoms with Crippen molar-refractivity contribution < 1.29 is 4.79 Å². The van der Waals surface area contributed by atoms with Crippen LogP contribution in [0.2, 0.25) is 0 Å². The molecule has 1 radical (unpaired) electrons. The molecule has 0 spiro atoms. The fourth-order valence-corrected chi connectivity index (χ4v) is 0.811. The monoisotopic (exact) mass is 109 g/mol. The van der Waals surface area contributed by atoms with E-state index in [1.807, 2.05) is 6.92 Å². The van der Waals surface area contributed by atoms with Crippen LogP contribution < -0.4 is 0 Å². The van der Waals surface area contributed by atoms with Gasteiger partial charge in [0.1, 0.15) is 0 Å². The van der Waals surface area contributed by atoms with Crippen molar-refractivity contribution in [1.82, 2.24) is 0 Å². The van der Waals surface area contributed by atoms with Gasteiger partial charge in [-0.25, -0.2) is 0 Å². The molecular weight excluding hydrogens is 100 g/mol. The van der Waals surface area contributed by atoms with E-state index in [4.69, 9.17) is 0 Å². The molecule has 0 aromatic carbocycles. The van der Waals surface area contributed by atoms with Crippen molar-refractivity contribution in [3.05, 3.63) is 11.6 Å². The number of allylic oxidation sites excluding steroid dienone is 2. The Kier molecular flexibility index (Phi) is 1.47. The minimum absolute atomic E-state index is 0.274. The molecule has 0 atom stereocenters. The standard InChI is InChI=1S/C7H9O/c1-6-4-2-3-5-7(6)8/h2-3,5H2,1H3. The minimum Gasteiger partial charge on any atom is -0.295 e. The summed E-state index contributed by atoms with van der Waals surface area (Å²) in [5.41, 5.74) is 0.830. The summed E-state index contributed by atoms with van der Waals surface area (Å²) in [4.78, 5) is 10.7. The average molecular weight is 109 g/mol. The fraction of sp³-hybridized carbons (Fsp3) is 0.571. The molecule has 43 valence electrons. The van der Waals surface area contributed by atoms with Crippen LogP contribution in [0.4, 0.5) is 0 Å². The molecule has 8 heavy (non-hydrogen) atoms. The summed E-state index contributed by atoms with van der Waals surface area (Å²) >= 11 is 0. The number of rotatable bonds is 0. The van der Waals surface area contributed by atoms with Crippen LogP contribution in [-0.4, -0.2) is 5.78 Å². The van der Waals surface area contributed by atoms with Gasteiger partial charge >= 0.3 is 0 Å². The second-order valence-corrected chi connectivity index (χ2v) is 2.08. The third-order valence-electron chi connectivity index (χ3n) is 1.39. The fourth-order valence-electron chi connectivity index (χ4n) is 0.811. The first-order valence-electron chi connectivity index (χ1n) is 2.91. The zero-order valence-electron chi connectivity index (χ0n) is 5.03. The highest BCUT2D eigenvalue weighted by molar-refractivity contribution is 5.94. The van der Waals surface area contributed by atoms with Crippen molar-refractivity contribution >= 4 is 5.78 Å². The van der Waals surface area contributed by atoms with Crippen molar-refractivity contribution in [3.63, 3.8) is 0 Å². The largest absolute Gasteiger partial charge is 0.295 e. The predicted molar refractivity (Wildman–Crippen MR) is 31.3 cm³/mol. The molecule has 0 bridgehead atoms. The molecule has 0 N–H and O–H groups in total. The van der Waals surface area contributed by atoms with E-state index in [9.17, 15) is 4.79 Å². The lowest BCUT2D eigenvalue weighted by atomic mass is 10.00. The van der Waals surface area contributed by atoms with Gasteiger partial charge in [0.25, 0.3) is 0 Å². The van der Waals surface area contributed by atoms with Crippen molar-refractivity contribution in [1.29, 1.82) is 0 Å². The molecule has 0 amide bonds. The molecule has 1 rings (SSSR count). The van der Waals surface area contributed by atoms with Crippen molar-refractivity contribution in [2.45, 2.75) is 26.2 Å². The normalized spacial score (nSPS) is 20.6. The SMILES string of the molecule is CC1=[C]CCCC1=O. The average Bonchev–Trinajstić information content (AvgIpc) is 1.77. The van der Waals surface area contributed by atoms with Gasteiger partial charge in [-0.1, -0.05) is 0 Å². The van der Waals surface area contributed by atoms with Crippen LogP contribution in [-0.2, 0) is 4.79 Å². The predicted octanol–water partition coefficient (Wildman–Crippen LogP) is 1.49. The van der Waals surface area contributed by atoms with Gasteiger partial charge in [0.15, 0.2) is 5.78 Å². The third-order valence-corrected chi connectivity index (χ3v) is 1.39. The smallest absolute Gasteiger partial charge is 0.158 e. The Bertz CT molecular complexity index is 133. The highest BCUT2D eigenvalue weighted by atomic mass is 16.1. The van der Waals surface area contributed by atoms with Gasteiger partial charge in [-0.05, 0) is 31.4 Å². The molecule has 1 aliphatic carbocycles. The number of carbonyl (C=O) groups excluding carboxylic acids is 1. The number of hydrogen-bond acceptors (Lipinski definition) is 1. The van der Waals surface area contributed by atoms with Crippen LogP contribution in [0, 0.1) is 6.08 Å². The second kappa shape index (κ2) is 2.12. The number of carbonyl (C=O) groups is 1. The summed E-state index contributed by atoms with van der Waals surface area (Å²) < 4.78 is 0. The first-order valence-corrected chi connectivity index (χ1v) is 2.91. The highest BCUT2D eigenvalue weighted by Crippen LogP contribution is 2.11. The first kappa shape index (κ1) is 5.54. The Morgan fingerprint density at radius 2 is 2.38 bits per heavy atom. The maximum absolute atomic E-state index is 10.7. The van der Waals surface area contributed by atoms with E-state index in [0.29, 0.717) is 0 Å². The van der Waals surface area contributed by atoms with Gasteiger partial charge in [0.05, 0.1) is 0 Å². The molecule has 0 aliphatic heterocycles. The maximum atomic E-state index is 10.7. The Morgan fingerprint density at radius 3 is 2.75 bits per heavy atom. The molecule has 1 aliphatic rings. The van der Waals surface area contributed by atoms with Crippen LogP contribution in [0.3, 0.4) is 0 Å². The van der Waals surface area contributed by atoms with E-state index in [-0.39, 0.29) is 5.78 Å². The Morgan fingerprint density at radius 1 is 1.62 bits per heavy atom. The third kappa shape index (κ3) is 0.971. The van der Waals surface area contributed by atoms with Crippen LogP contribution in [0.5, 0.6) is 0 Å². The molecule has 0 saturated heterocycles. The van der Waals surface area contributed by atoms with Crippen LogP contribution >= 0.6 is 0 Å². The van der Waals surface area contributed by atoms with E-state index in [2.05, 4.69) is 6.08 Å². The van der Waals surface area contributed by atoms with Gasteiger partial charge in [-0.15, -0.1) is 0 Å². The topological polar surface area (TPSA) is 17.1 Å². The van der Waals surface area contributed by atoms with Gasteiger partial charge in [0, 0.05) is 6.42 Å². The summed E-state index contributed by atoms with van der Waals surface area (Å²) in [6.45, 7) is 1.83. The summed E-state index contributed by atoms with van der Waals surface area (Å²) in [5.74, 6) is 0.274. The second-order valence-electron chi connectivity index (χ2n) is 2.08. The van der Waals surface area contributed by atoms with E-state index in [1.165, 1.54) is 0 Å². The molecule has 0 heterocycles. The molecular formula is C7H9O. The molecule has 0 aromatic heterocycles. The molecule has 1 heteroatoms. The highest BCUT2D eigenvalue weighted by Gasteiger charge is 2.07. The van der Waals surface area contributed by atoms with Crippen LogP contribution in [0.25, 0.3) is 0 Å². The quantitative estimate of drug-likeness (QED) is 0.460. The lowest BCUT2D eigenvalue weighted by molar-refractivity contribution is -0.116. The number of hydrogen-bond donors (Lipinski definition) is 0. The summed E-state index contributed by atoms with van der Waals surface area (Å²) in [7, 11) is 0. The van der Waals surface area contributed by atoms with Crippen molar-refractivity contribution in [2.24, 2.45) is 0 Å². The minimum atomic E-state index is 0.274. The summed E-state index contributed by atoms with van der Waals surface area (Å²) in [6, 6.07) is 0.